The van der Waals surface area contributed by atoms with Crippen LogP contribution >= 0.6 is 0 Å². The molecule has 2 heterocycles. The Morgan fingerprint density at radius 3 is 2.83 bits per heavy atom. The minimum absolute atomic E-state index is 0.660. The molecule has 18 heavy (non-hydrogen) atoms. The Morgan fingerprint density at radius 1 is 1.44 bits per heavy atom. The van der Waals surface area contributed by atoms with Gasteiger partial charge in [-0.2, -0.15) is 0 Å². The Kier molecular flexibility index (Phi) is 4.55. The highest BCUT2D eigenvalue weighted by Crippen LogP contribution is 2.20. The third-order valence-corrected chi connectivity index (χ3v) is 3.61. The molecule has 0 amide bonds. The first-order valence-corrected chi connectivity index (χ1v) is 6.77. The van der Waals surface area contributed by atoms with Crippen LogP contribution < -0.4 is 10.2 Å². The van der Waals surface area contributed by atoms with Crippen molar-refractivity contribution in [2.75, 3.05) is 38.6 Å². The van der Waals surface area contributed by atoms with Crippen molar-refractivity contribution in [3.8, 4) is 0 Å². The fourth-order valence-corrected chi connectivity index (χ4v) is 2.35. The predicted molar refractivity (Wildman–Crippen MR) is 75.9 cm³/mol. The van der Waals surface area contributed by atoms with Gasteiger partial charge in [0.25, 0.3) is 0 Å². The van der Waals surface area contributed by atoms with Gasteiger partial charge in [0.05, 0.1) is 0 Å². The third kappa shape index (κ3) is 3.21. The molecular formula is C14H24N4. The van der Waals surface area contributed by atoms with Gasteiger partial charge in [-0.05, 0) is 38.7 Å². The summed E-state index contributed by atoms with van der Waals surface area (Å²) in [5.74, 6) is 1.11. The van der Waals surface area contributed by atoms with Gasteiger partial charge in [0.1, 0.15) is 5.82 Å². The molecule has 100 valence electrons. The quantitative estimate of drug-likeness (QED) is 0.852. The maximum Gasteiger partial charge on any atom is 0.128 e. The van der Waals surface area contributed by atoms with Crippen molar-refractivity contribution in [1.29, 1.82) is 0 Å². The smallest absolute Gasteiger partial charge is 0.128 e. The molecule has 0 spiro atoms. The van der Waals surface area contributed by atoms with Crippen LogP contribution in [0.2, 0.25) is 0 Å². The van der Waals surface area contributed by atoms with Crippen LogP contribution in [0.1, 0.15) is 18.9 Å². The van der Waals surface area contributed by atoms with Crippen LogP contribution in [-0.4, -0.2) is 49.7 Å². The maximum atomic E-state index is 4.57. The monoisotopic (exact) mass is 248 g/mol. The number of nitrogens with zero attached hydrogens (tertiary/aromatic N) is 3. The molecule has 4 nitrogen and oxygen atoms in total. The Labute approximate surface area is 110 Å². The molecule has 2 rings (SSSR count). The van der Waals surface area contributed by atoms with Crippen molar-refractivity contribution < 1.29 is 0 Å². The fraction of sp³-hybridized carbons (Fsp3) is 0.643. The Hall–Kier alpha value is -1.13. The van der Waals surface area contributed by atoms with Gasteiger partial charge in [-0.1, -0.05) is 13.0 Å². The van der Waals surface area contributed by atoms with Crippen molar-refractivity contribution in [3.05, 3.63) is 23.9 Å². The number of hydrogen-bond acceptors (Lipinski definition) is 4. The number of likely N-dealkylation sites (N-methyl/N-ethyl adjacent to an activating group) is 1. The summed E-state index contributed by atoms with van der Waals surface area (Å²) in [6, 6.07) is 4.98. The van der Waals surface area contributed by atoms with Crippen LogP contribution in [0.5, 0.6) is 0 Å². The van der Waals surface area contributed by atoms with Gasteiger partial charge in [-0.3, -0.25) is 0 Å². The lowest BCUT2D eigenvalue weighted by atomic mass is 10.2. The van der Waals surface area contributed by atoms with Crippen LogP contribution in [0.25, 0.3) is 0 Å². The minimum atomic E-state index is 0.660. The lowest BCUT2D eigenvalue weighted by molar-refractivity contribution is 0.315. The van der Waals surface area contributed by atoms with E-state index in [2.05, 4.69) is 53.3 Å². The van der Waals surface area contributed by atoms with E-state index in [0.717, 1.165) is 32.0 Å². The van der Waals surface area contributed by atoms with Crippen molar-refractivity contribution in [3.63, 3.8) is 0 Å². The second-order valence-electron chi connectivity index (χ2n) is 5.16. The lowest BCUT2D eigenvalue weighted by Gasteiger charge is -2.21. The summed E-state index contributed by atoms with van der Waals surface area (Å²) in [5, 5.41) is 3.32. The topological polar surface area (TPSA) is 31.4 Å². The van der Waals surface area contributed by atoms with E-state index in [9.17, 15) is 0 Å². The molecule has 0 saturated carbocycles. The van der Waals surface area contributed by atoms with Crippen LogP contribution in [0.4, 0.5) is 5.82 Å². The Bertz CT molecular complexity index is 361. The van der Waals surface area contributed by atoms with E-state index in [1.807, 2.05) is 6.20 Å². The number of anilines is 1. The van der Waals surface area contributed by atoms with Crippen molar-refractivity contribution in [1.82, 2.24) is 15.2 Å². The van der Waals surface area contributed by atoms with Gasteiger partial charge in [0.15, 0.2) is 0 Å². The summed E-state index contributed by atoms with van der Waals surface area (Å²) < 4.78 is 0. The average Bonchev–Trinajstić information content (AvgIpc) is 2.87. The highest BCUT2D eigenvalue weighted by Gasteiger charge is 2.24. The van der Waals surface area contributed by atoms with E-state index in [1.165, 1.54) is 12.0 Å². The summed E-state index contributed by atoms with van der Waals surface area (Å²) in [7, 11) is 4.31. The van der Waals surface area contributed by atoms with Crippen LogP contribution in [0.15, 0.2) is 18.3 Å². The average molecular weight is 248 g/mol. The minimum Gasteiger partial charge on any atom is -0.355 e. The number of hydrogen-bond donors (Lipinski definition) is 1. The number of aromatic nitrogens is 1. The largest absolute Gasteiger partial charge is 0.355 e. The molecule has 0 bridgehead atoms. The number of rotatable bonds is 5. The van der Waals surface area contributed by atoms with E-state index in [4.69, 9.17) is 0 Å². The molecule has 1 unspecified atom stereocenters. The van der Waals surface area contributed by atoms with E-state index in [1.54, 1.807) is 0 Å². The molecule has 4 heteroatoms. The highest BCUT2D eigenvalue weighted by molar-refractivity contribution is 5.40. The zero-order valence-corrected chi connectivity index (χ0v) is 11.7. The summed E-state index contributed by atoms with van der Waals surface area (Å²) in [6.45, 7) is 6.23. The standard InChI is InChI=1S/C14H24N4/c1-4-15-9-12-5-6-14(16-10-12)18-8-7-13(11-18)17(2)3/h5-6,10,13,15H,4,7-9,11H2,1-3H3. The number of pyridine rings is 1. The summed E-state index contributed by atoms with van der Waals surface area (Å²) in [4.78, 5) is 9.26. The van der Waals surface area contributed by atoms with Gasteiger partial charge < -0.3 is 15.1 Å². The molecule has 1 aromatic rings. The lowest BCUT2D eigenvalue weighted by Crippen LogP contribution is -2.31. The summed E-state index contributed by atoms with van der Waals surface area (Å²) >= 11 is 0. The van der Waals surface area contributed by atoms with E-state index >= 15 is 0 Å². The van der Waals surface area contributed by atoms with Crippen molar-refractivity contribution in [2.45, 2.75) is 25.9 Å². The van der Waals surface area contributed by atoms with E-state index < -0.39 is 0 Å². The second-order valence-corrected chi connectivity index (χ2v) is 5.16. The maximum absolute atomic E-state index is 4.57. The second kappa shape index (κ2) is 6.16. The molecule has 1 aromatic heterocycles. The van der Waals surface area contributed by atoms with Gasteiger partial charge >= 0.3 is 0 Å². The van der Waals surface area contributed by atoms with Gasteiger partial charge in [0.2, 0.25) is 0 Å². The summed E-state index contributed by atoms with van der Waals surface area (Å²) in [6.07, 6.45) is 3.22. The van der Waals surface area contributed by atoms with Crippen molar-refractivity contribution in [2.24, 2.45) is 0 Å². The zero-order chi connectivity index (χ0) is 13.0. The van der Waals surface area contributed by atoms with Gasteiger partial charge in [0, 0.05) is 31.9 Å². The summed E-state index contributed by atoms with van der Waals surface area (Å²) in [5.41, 5.74) is 1.25. The molecule has 0 aliphatic carbocycles. The Balaban J connectivity index is 1.94. The third-order valence-electron chi connectivity index (χ3n) is 3.61. The molecule has 1 aliphatic rings. The fourth-order valence-electron chi connectivity index (χ4n) is 2.35. The van der Waals surface area contributed by atoms with E-state index in [0.29, 0.717) is 6.04 Å². The molecule has 0 radical (unpaired) electrons. The molecule has 1 saturated heterocycles. The normalized spacial score (nSPS) is 19.8. The zero-order valence-electron chi connectivity index (χ0n) is 11.7. The van der Waals surface area contributed by atoms with E-state index in [-0.39, 0.29) is 0 Å². The highest BCUT2D eigenvalue weighted by atomic mass is 15.3. The first-order chi connectivity index (χ1) is 8.70. The van der Waals surface area contributed by atoms with Gasteiger partial charge in [-0.15, -0.1) is 0 Å². The SMILES string of the molecule is CCNCc1ccc(N2CCC(N(C)C)C2)nc1. The van der Waals surface area contributed by atoms with Crippen molar-refractivity contribution >= 4 is 5.82 Å². The molecule has 0 aromatic carbocycles. The molecule has 1 atom stereocenters. The van der Waals surface area contributed by atoms with Gasteiger partial charge in [-0.25, -0.2) is 4.98 Å². The number of nitrogens with one attached hydrogen (secondary N) is 1. The van der Waals surface area contributed by atoms with Crippen LogP contribution in [-0.2, 0) is 6.54 Å². The molecule has 1 N–H and O–H groups in total. The first-order valence-electron chi connectivity index (χ1n) is 6.77. The Morgan fingerprint density at radius 2 is 2.28 bits per heavy atom. The molecule has 1 aliphatic heterocycles. The molecule has 1 fully saturated rings. The van der Waals surface area contributed by atoms with Crippen LogP contribution in [0.3, 0.4) is 0 Å². The predicted octanol–water partition coefficient (Wildman–Crippen LogP) is 1.33. The molecular weight excluding hydrogens is 224 g/mol. The first kappa shape index (κ1) is 13.3. The van der Waals surface area contributed by atoms with Crippen LogP contribution in [0, 0.1) is 0 Å².